The van der Waals surface area contributed by atoms with E-state index in [1.165, 1.54) is 6.07 Å². The monoisotopic (exact) mass is 417 g/mol. The number of carbonyl (C=O) groups excluding carboxylic acids is 2. The van der Waals surface area contributed by atoms with Crippen LogP contribution in [0.25, 0.3) is 16.1 Å². The summed E-state index contributed by atoms with van der Waals surface area (Å²) in [6.07, 6.45) is 0.197. The lowest BCUT2D eigenvalue weighted by Crippen LogP contribution is -2.40. The number of nitrogens with two attached hydrogens (primary N) is 1. The Balaban J connectivity index is 1.61. The number of halogens is 1. The van der Waals surface area contributed by atoms with Crippen molar-refractivity contribution < 1.29 is 14.0 Å². The maximum atomic E-state index is 13.7. The van der Waals surface area contributed by atoms with Gasteiger partial charge in [-0.3, -0.25) is 14.3 Å². The van der Waals surface area contributed by atoms with Crippen molar-refractivity contribution in [2.45, 2.75) is 26.4 Å². The summed E-state index contributed by atoms with van der Waals surface area (Å²) in [7, 11) is 0. The number of carbonyl (C=O) groups is 2. The van der Waals surface area contributed by atoms with E-state index in [4.69, 9.17) is 12.3 Å². The zero-order valence-electron chi connectivity index (χ0n) is 16.9. The minimum Gasteiger partial charge on any atom is -0.365 e. The van der Waals surface area contributed by atoms with Crippen LogP contribution in [0.5, 0.6) is 0 Å². The summed E-state index contributed by atoms with van der Waals surface area (Å²) in [4.78, 5) is 30.1. The van der Waals surface area contributed by atoms with Gasteiger partial charge in [0.1, 0.15) is 11.5 Å². The summed E-state index contributed by atoms with van der Waals surface area (Å²) in [6.45, 7) is 9.75. The summed E-state index contributed by atoms with van der Waals surface area (Å²) < 4.78 is 15.4. The van der Waals surface area contributed by atoms with Crippen LogP contribution in [-0.4, -0.2) is 33.0 Å². The van der Waals surface area contributed by atoms with Crippen molar-refractivity contribution in [1.82, 2.24) is 14.7 Å². The number of fused-ring (bicyclic) bond motifs is 1. The van der Waals surface area contributed by atoms with Crippen LogP contribution in [0.3, 0.4) is 0 Å². The van der Waals surface area contributed by atoms with Crippen molar-refractivity contribution in [1.29, 1.82) is 0 Å². The molecule has 0 saturated carbocycles. The Morgan fingerprint density at radius 1 is 1.19 bits per heavy atom. The molecule has 0 atom stereocenters. The number of benzene rings is 2. The molecule has 1 aromatic heterocycles. The lowest BCUT2D eigenvalue weighted by atomic mass is 10.0. The maximum Gasteiger partial charge on any atom is 0.252 e. The standard InChI is InChI=1S/C23H20FN5O2/c1-14-11-16(5-8-18(14)24)22-21(23(25)31)19-13-28(9-10-29(19)27-22)20(30)12-15-3-6-17(26-2)7-4-15/h3-8,11H,9-10,12-13H2,1H3,(H2,25,31). The maximum absolute atomic E-state index is 13.7. The zero-order chi connectivity index (χ0) is 22.1. The molecule has 0 radical (unpaired) electrons. The van der Waals surface area contributed by atoms with Gasteiger partial charge in [0.15, 0.2) is 5.69 Å². The number of hydrogen-bond donors (Lipinski definition) is 1. The van der Waals surface area contributed by atoms with E-state index in [1.54, 1.807) is 52.9 Å². The Bertz CT molecular complexity index is 1220. The van der Waals surface area contributed by atoms with Gasteiger partial charge in [0.05, 0.1) is 37.3 Å². The van der Waals surface area contributed by atoms with Gasteiger partial charge in [-0.1, -0.05) is 24.3 Å². The third-order valence-electron chi connectivity index (χ3n) is 5.43. The molecule has 31 heavy (non-hydrogen) atoms. The average molecular weight is 417 g/mol. The Morgan fingerprint density at radius 3 is 2.58 bits per heavy atom. The molecule has 2 amide bonds. The van der Waals surface area contributed by atoms with E-state index in [2.05, 4.69) is 9.94 Å². The number of nitrogens with zero attached hydrogens (tertiary/aromatic N) is 4. The molecule has 0 aliphatic carbocycles. The predicted molar refractivity (Wildman–Crippen MR) is 113 cm³/mol. The van der Waals surface area contributed by atoms with Gasteiger partial charge >= 0.3 is 0 Å². The molecule has 0 spiro atoms. The fourth-order valence-corrected chi connectivity index (χ4v) is 3.76. The summed E-state index contributed by atoms with van der Waals surface area (Å²) >= 11 is 0. The topological polar surface area (TPSA) is 85.6 Å². The van der Waals surface area contributed by atoms with Crippen LogP contribution in [0.4, 0.5) is 10.1 Å². The van der Waals surface area contributed by atoms with E-state index in [1.807, 2.05) is 0 Å². The van der Waals surface area contributed by atoms with Crippen LogP contribution in [0.2, 0.25) is 0 Å². The second-order valence-electron chi connectivity index (χ2n) is 7.49. The fraction of sp³-hybridized carbons (Fsp3) is 0.217. The molecule has 8 heteroatoms. The lowest BCUT2D eigenvalue weighted by molar-refractivity contribution is -0.132. The van der Waals surface area contributed by atoms with E-state index in [-0.39, 0.29) is 30.3 Å². The van der Waals surface area contributed by atoms with E-state index in [0.29, 0.717) is 41.3 Å². The molecular weight excluding hydrogens is 397 g/mol. The average Bonchev–Trinajstić information content (AvgIpc) is 3.15. The molecule has 2 heterocycles. The fourth-order valence-electron chi connectivity index (χ4n) is 3.76. The Labute approximate surface area is 178 Å². The third kappa shape index (κ3) is 3.90. The van der Waals surface area contributed by atoms with Crippen molar-refractivity contribution in [2.24, 2.45) is 5.73 Å². The van der Waals surface area contributed by atoms with Crippen molar-refractivity contribution in [2.75, 3.05) is 6.54 Å². The first-order valence-corrected chi connectivity index (χ1v) is 9.77. The molecule has 1 aliphatic heterocycles. The first-order chi connectivity index (χ1) is 14.9. The van der Waals surface area contributed by atoms with Gasteiger partial charge in [-0.05, 0) is 36.2 Å². The second-order valence-corrected chi connectivity index (χ2v) is 7.49. The van der Waals surface area contributed by atoms with Gasteiger partial charge in [-0.15, -0.1) is 0 Å². The number of rotatable bonds is 4. The highest BCUT2D eigenvalue weighted by Crippen LogP contribution is 2.29. The first-order valence-electron chi connectivity index (χ1n) is 9.77. The number of hydrogen-bond acceptors (Lipinski definition) is 3. The van der Waals surface area contributed by atoms with Crippen LogP contribution < -0.4 is 5.73 Å². The Kier molecular flexibility index (Phi) is 5.26. The van der Waals surface area contributed by atoms with Crippen molar-refractivity contribution in [3.63, 3.8) is 0 Å². The highest BCUT2D eigenvalue weighted by atomic mass is 19.1. The number of amides is 2. The number of aromatic nitrogens is 2. The lowest BCUT2D eigenvalue weighted by Gasteiger charge is -2.28. The molecule has 0 unspecified atom stereocenters. The predicted octanol–water partition coefficient (Wildman–Crippen LogP) is 3.23. The molecule has 3 aromatic rings. The molecule has 0 fully saturated rings. The van der Waals surface area contributed by atoms with Gasteiger partial charge in [-0.2, -0.15) is 5.10 Å². The molecule has 4 rings (SSSR count). The van der Waals surface area contributed by atoms with Crippen molar-refractivity contribution in [3.05, 3.63) is 82.1 Å². The summed E-state index contributed by atoms with van der Waals surface area (Å²) in [6, 6.07) is 11.4. The third-order valence-corrected chi connectivity index (χ3v) is 5.43. The summed E-state index contributed by atoms with van der Waals surface area (Å²) in [5.41, 5.74) is 9.28. The molecule has 1 aliphatic rings. The van der Waals surface area contributed by atoms with Crippen molar-refractivity contribution >= 4 is 17.5 Å². The Hall–Kier alpha value is -3.99. The quantitative estimate of drug-likeness (QED) is 0.662. The van der Waals surface area contributed by atoms with Crippen LogP contribution in [0, 0.1) is 19.3 Å². The SMILES string of the molecule is [C-]#[N+]c1ccc(CC(=O)N2CCn3nc(-c4ccc(F)c(C)c4)c(C(N)=O)c3C2)cc1. The van der Waals surface area contributed by atoms with E-state index >= 15 is 0 Å². The zero-order valence-corrected chi connectivity index (χ0v) is 16.9. The molecule has 2 N–H and O–H groups in total. The van der Waals surface area contributed by atoms with Gasteiger partial charge in [0.2, 0.25) is 5.91 Å². The number of aryl methyl sites for hydroxylation is 1. The van der Waals surface area contributed by atoms with Crippen LogP contribution in [0.1, 0.15) is 27.2 Å². The van der Waals surface area contributed by atoms with Crippen molar-refractivity contribution in [3.8, 4) is 11.3 Å². The second kappa shape index (κ2) is 8.03. The molecule has 156 valence electrons. The smallest absolute Gasteiger partial charge is 0.252 e. The molecule has 0 saturated heterocycles. The van der Waals surface area contributed by atoms with E-state index in [0.717, 1.165) is 5.56 Å². The normalized spacial score (nSPS) is 12.9. The van der Waals surface area contributed by atoms with E-state index < -0.39 is 5.91 Å². The van der Waals surface area contributed by atoms with Crippen LogP contribution in [-0.2, 0) is 24.3 Å². The minimum atomic E-state index is -0.637. The number of primary amides is 1. The van der Waals surface area contributed by atoms with E-state index in [9.17, 15) is 14.0 Å². The first kappa shape index (κ1) is 20.3. The highest BCUT2D eigenvalue weighted by molar-refractivity contribution is 6.00. The largest absolute Gasteiger partial charge is 0.365 e. The van der Waals surface area contributed by atoms with Gasteiger partial charge in [0.25, 0.3) is 5.91 Å². The van der Waals surface area contributed by atoms with Crippen LogP contribution >= 0.6 is 0 Å². The van der Waals surface area contributed by atoms with Gasteiger partial charge in [-0.25, -0.2) is 9.24 Å². The molecule has 2 aromatic carbocycles. The molecular formula is C23H20FN5O2. The summed E-state index contributed by atoms with van der Waals surface area (Å²) in [5, 5.41) is 4.54. The van der Waals surface area contributed by atoms with Gasteiger partial charge < -0.3 is 10.6 Å². The highest BCUT2D eigenvalue weighted by Gasteiger charge is 2.29. The molecule has 0 bridgehead atoms. The minimum absolute atomic E-state index is 0.0855. The molecule has 7 nitrogen and oxygen atoms in total. The Morgan fingerprint density at radius 2 is 1.94 bits per heavy atom. The summed E-state index contributed by atoms with van der Waals surface area (Å²) in [5.74, 6) is -1.06. The van der Waals surface area contributed by atoms with Gasteiger partial charge in [0, 0.05) is 12.1 Å². The van der Waals surface area contributed by atoms with Crippen LogP contribution in [0.15, 0.2) is 42.5 Å².